The molecular weight excluding hydrogens is 350 g/mol. The Bertz CT molecular complexity index is 1050. The molecule has 1 saturated heterocycles. The third-order valence-electron chi connectivity index (χ3n) is 5.15. The monoisotopic (exact) mass is 373 g/mol. The van der Waals surface area contributed by atoms with E-state index in [1.807, 2.05) is 35.6 Å². The highest BCUT2D eigenvalue weighted by atomic mass is 16.2. The summed E-state index contributed by atoms with van der Waals surface area (Å²) in [5, 5.41) is 4.70. The topological polar surface area (TPSA) is 73.9 Å². The number of hydrogen-bond donors (Lipinski definition) is 2. The van der Waals surface area contributed by atoms with Crippen molar-refractivity contribution in [1.82, 2.24) is 19.9 Å². The summed E-state index contributed by atoms with van der Waals surface area (Å²) >= 11 is 0. The first-order valence-corrected chi connectivity index (χ1v) is 9.52. The van der Waals surface area contributed by atoms with E-state index in [0.717, 1.165) is 52.9 Å². The number of rotatable bonds is 4. The number of piperidine rings is 1. The number of H-pyrrole nitrogens is 1. The fraction of sp³-hybridized carbons (Fsp3) is 0.318. The van der Waals surface area contributed by atoms with Gasteiger partial charge in [-0.3, -0.25) is 9.78 Å². The number of nitrogens with one attached hydrogen (secondary N) is 2. The Hall–Kier alpha value is -3.33. The molecule has 0 bridgehead atoms. The molecule has 1 aliphatic heterocycles. The second-order valence-corrected chi connectivity index (χ2v) is 7.21. The molecule has 1 amide bonds. The van der Waals surface area contributed by atoms with Crippen LogP contribution in [0.4, 0.5) is 5.69 Å². The molecule has 2 N–H and O–H groups in total. The smallest absolute Gasteiger partial charge is 0.234 e. The SMILES string of the molecule is C#CCC(=O)N1CCC[C@@H](Nc2c(-c3cc(C)ccn3)cnc3[nH]ccc23)C1. The maximum atomic E-state index is 12.2. The molecule has 6 nitrogen and oxygen atoms in total. The van der Waals surface area contributed by atoms with Crippen molar-refractivity contribution in [2.24, 2.45) is 0 Å². The minimum atomic E-state index is 0.0242. The van der Waals surface area contributed by atoms with Gasteiger partial charge in [-0.15, -0.1) is 6.42 Å². The van der Waals surface area contributed by atoms with Gasteiger partial charge in [-0.2, -0.15) is 0 Å². The highest BCUT2D eigenvalue weighted by Crippen LogP contribution is 2.34. The predicted octanol–water partition coefficient (Wildman–Crippen LogP) is 3.36. The van der Waals surface area contributed by atoms with Gasteiger partial charge in [-0.05, 0) is 43.5 Å². The molecule has 3 aromatic rings. The Kier molecular flexibility index (Phi) is 4.98. The van der Waals surface area contributed by atoms with E-state index < -0.39 is 0 Å². The third kappa shape index (κ3) is 3.56. The first-order valence-electron chi connectivity index (χ1n) is 9.52. The Balaban J connectivity index is 1.68. The molecule has 0 aliphatic carbocycles. The standard InChI is InChI=1S/C22H23N5O/c1-3-5-20(28)27-11-4-6-16(14-27)26-21-17-8-10-24-22(17)25-13-18(21)19-12-15(2)7-9-23-19/h1,7-10,12-13,16H,4-6,11,14H2,2H3,(H2,24,25,26)/t16-/m1/s1. The summed E-state index contributed by atoms with van der Waals surface area (Å²) in [6, 6.07) is 6.22. The molecule has 4 rings (SSSR count). The lowest BCUT2D eigenvalue weighted by molar-refractivity contribution is -0.131. The van der Waals surface area contributed by atoms with Crippen molar-refractivity contribution < 1.29 is 4.79 Å². The summed E-state index contributed by atoms with van der Waals surface area (Å²) in [4.78, 5) is 26.4. The quantitative estimate of drug-likeness (QED) is 0.688. The van der Waals surface area contributed by atoms with Crippen molar-refractivity contribution in [3.05, 3.63) is 42.4 Å². The summed E-state index contributed by atoms with van der Waals surface area (Å²) in [5.41, 5.74) is 4.82. The zero-order valence-corrected chi connectivity index (χ0v) is 15.9. The van der Waals surface area contributed by atoms with Crippen LogP contribution in [0.2, 0.25) is 0 Å². The summed E-state index contributed by atoms with van der Waals surface area (Å²) in [6.45, 7) is 3.47. The van der Waals surface area contributed by atoms with Crippen molar-refractivity contribution in [2.45, 2.75) is 32.2 Å². The van der Waals surface area contributed by atoms with Gasteiger partial charge in [-0.1, -0.05) is 5.92 Å². The molecule has 28 heavy (non-hydrogen) atoms. The van der Waals surface area contributed by atoms with Crippen LogP contribution in [0.25, 0.3) is 22.3 Å². The Morgan fingerprint density at radius 3 is 3.14 bits per heavy atom. The number of carbonyl (C=O) groups excluding carboxylic acids is 1. The first kappa shape index (κ1) is 18.1. The summed E-state index contributed by atoms with van der Waals surface area (Å²) < 4.78 is 0. The van der Waals surface area contributed by atoms with Crippen LogP contribution in [0, 0.1) is 19.3 Å². The molecule has 0 saturated carbocycles. The fourth-order valence-corrected chi connectivity index (χ4v) is 3.77. The van der Waals surface area contributed by atoms with E-state index in [4.69, 9.17) is 6.42 Å². The normalized spacial score (nSPS) is 16.7. The number of terminal acetylenes is 1. The van der Waals surface area contributed by atoms with E-state index in [2.05, 4.69) is 39.2 Å². The molecule has 0 unspecified atom stereocenters. The average Bonchev–Trinajstić information content (AvgIpc) is 3.18. The molecule has 6 heteroatoms. The van der Waals surface area contributed by atoms with E-state index >= 15 is 0 Å². The zero-order chi connectivity index (χ0) is 19.5. The van der Waals surface area contributed by atoms with Gasteiger partial charge in [0.15, 0.2) is 0 Å². The lowest BCUT2D eigenvalue weighted by atomic mass is 10.0. The number of fused-ring (bicyclic) bond motifs is 1. The van der Waals surface area contributed by atoms with E-state index in [9.17, 15) is 4.79 Å². The number of likely N-dealkylation sites (tertiary alicyclic amines) is 1. The minimum Gasteiger partial charge on any atom is -0.379 e. The summed E-state index contributed by atoms with van der Waals surface area (Å²) in [5.74, 6) is 2.48. The molecular formula is C22H23N5O. The van der Waals surface area contributed by atoms with Gasteiger partial charge >= 0.3 is 0 Å². The van der Waals surface area contributed by atoms with Crippen LogP contribution in [0.1, 0.15) is 24.8 Å². The molecule has 1 atom stereocenters. The van der Waals surface area contributed by atoms with Crippen LogP contribution in [0.5, 0.6) is 0 Å². The zero-order valence-electron chi connectivity index (χ0n) is 15.9. The lowest BCUT2D eigenvalue weighted by Crippen LogP contribution is -2.45. The molecule has 0 aromatic carbocycles. The third-order valence-corrected chi connectivity index (χ3v) is 5.15. The maximum absolute atomic E-state index is 12.2. The Morgan fingerprint density at radius 1 is 1.43 bits per heavy atom. The number of aryl methyl sites for hydroxylation is 1. The van der Waals surface area contributed by atoms with Gasteiger partial charge in [0.25, 0.3) is 0 Å². The fourth-order valence-electron chi connectivity index (χ4n) is 3.77. The highest BCUT2D eigenvalue weighted by Gasteiger charge is 2.24. The number of amides is 1. The van der Waals surface area contributed by atoms with Crippen LogP contribution < -0.4 is 5.32 Å². The van der Waals surface area contributed by atoms with Gasteiger partial charge in [0.1, 0.15) is 5.65 Å². The Labute approximate surface area is 164 Å². The van der Waals surface area contributed by atoms with Crippen LogP contribution >= 0.6 is 0 Å². The van der Waals surface area contributed by atoms with Crippen LogP contribution in [0.15, 0.2) is 36.8 Å². The van der Waals surface area contributed by atoms with Crippen LogP contribution in [-0.2, 0) is 4.79 Å². The van der Waals surface area contributed by atoms with Gasteiger partial charge in [0.2, 0.25) is 5.91 Å². The molecule has 3 aromatic heterocycles. The highest BCUT2D eigenvalue weighted by molar-refractivity contribution is 5.97. The minimum absolute atomic E-state index is 0.0242. The number of pyridine rings is 2. The van der Waals surface area contributed by atoms with Crippen molar-refractivity contribution in [1.29, 1.82) is 0 Å². The van der Waals surface area contributed by atoms with E-state index in [1.54, 1.807) is 0 Å². The van der Waals surface area contributed by atoms with Crippen LogP contribution in [-0.4, -0.2) is 44.9 Å². The van der Waals surface area contributed by atoms with E-state index in [0.29, 0.717) is 6.54 Å². The predicted molar refractivity (Wildman–Crippen MR) is 111 cm³/mol. The number of carbonyl (C=O) groups is 1. The van der Waals surface area contributed by atoms with Crippen molar-refractivity contribution in [2.75, 3.05) is 18.4 Å². The second kappa shape index (κ2) is 7.73. The van der Waals surface area contributed by atoms with Gasteiger partial charge in [0, 0.05) is 48.7 Å². The van der Waals surface area contributed by atoms with E-state index in [-0.39, 0.29) is 18.4 Å². The largest absolute Gasteiger partial charge is 0.379 e. The maximum Gasteiger partial charge on any atom is 0.234 e. The number of anilines is 1. The summed E-state index contributed by atoms with van der Waals surface area (Å²) in [6.07, 6.45) is 13.0. The van der Waals surface area contributed by atoms with E-state index in [1.165, 1.54) is 0 Å². The number of aromatic amines is 1. The van der Waals surface area contributed by atoms with Crippen molar-refractivity contribution >= 4 is 22.6 Å². The lowest BCUT2D eigenvalue weighted by Gasteiger charge is -2.34. The van der Waals surface area contributed by atoms with Gasteiger partial charge < -0.3 is 15.2 Å². The van der Waals surface area contributed by atoms with Crippen LogP contribution in [0.3, 0.4) is 0 Å². The van der Waals surface area contributed by atoms with Gasteiger partial charge in [0.05, 0.1) is 17.8 Å². The molecule has 4 heterocycles. The van der Waals surface area contributed by atoms with Gasteiger partial charge in [-0.25, -0.2) is 4.98 Å². The number of aromatic nitrogens is 3. The first-order chi connectivity index (χ1) is 13.7. The Morgan fingerprint density at radius 2 is 2.32 bits per heavy atom. The number of hydrogen-bond acceptors (Lipinski definition) is 4. The molecule has 1 fully saturated rings. The molecule has 0 radical (unpaired) electrons. The summed E-state index contributed by atoms with van der Waals surface area (Å²) in [7, 11) is 0. The number of nitrogens with zero attached hydrogens (tertiary/aromatic N) is 3. The average molecular weight is 373 g/mol. The van der Waals surface area contributed by atoms with Crippen molar-refractivity contribution in [3.8, 4) is 23.6 Å². The van der Waals surface area contributed by atoms with Crippen molar-refractivity contribution in [3.63, 3.8) is 0 Å². The molecule has 0 spiro atoms. The molecule has 142 valence electrons. The second-order valence-electron chi connectivity index (χ2n) is 7.21. The molecule has 1 aliphatic rings.